The number of carbonyl (C=O) groups is 1. The van der Waals surface area contributed by atoms with Gasteiger partial charge in [-0.25, -0.2) is 4.39 Å². The van der Waals surface area contributed by atoms with E-state index in [4.69, 9.17) is 4.42 Å². The van der Waals surface area contributed by atoms with Crippen molar-refractivity contribution in [3.8, 4) is 0 Å². The summed E-state index contributed by atoms with van der Waals surface area (Å²) in [6, 6.07) is 6.14. The van der Waals surface area contributed by atoms with E-state index in [1.807, 2.05) is 0 Å². The highest BCUT2D eigenvalue weighted by atomic mass is 79.9. The Morgan fingerprint density at radius 3 is 2.88 bits per heavy atom. The van der Waals surface area contributed by atoms with Crippen molar-refractivity contribution in [3.05, 3.63) is 58.2 Å². The fourth-order valence-corrected chi connectivity index (χ4v) is 1.90. The van der Waals surface area contributed by atoms with Crippen LogP contribution in [-0.4, -0.2) is 5.91 Å². The summed E-state index contributed by atoms with van der Waals surface area (Å²) in [4.78, 5) is 11.8. The van der Waals surface area contributed by atoms with E-state index >= 15 is 0 Å². The zero-order chi connectivity index (χ0) is 12.3. The molecule has 0 bridgehead atoms. The summed E-state index contributed by atoms with van der Waals surface area (Å²) < 4.78 is 18.8. The number of hydrogen-bond donors (Lipinski definition) is 1. The molecule has 0 aliphatic heterocycles. The van der Waals surface area contributed by atoms with Crippen LogP contribution < -0.4 is 5.32 Å². The van der Waals surface area contributed by atoms with Gasteiger partial charge in [0.25, 0.3) is 5.91 Å². The van der Waals surface area contributed by atoms with Gasteiger partial charge in [-0.2, -0.15) is 0 Å². The number of benzene rings is 1. The van der Waals surface area contributed by atoms with E-state index in [0.29, 0.717) is 11.0 Å². The zero-order valence-electron chi connectivity index (χ0n) is 8.74. The predicted molar refractivity (Wildman–Crippen MR) is 64.0 cm³/mol. The standard InChI is InChI=1S/C12H9BrFNO2/c13-9-2-1-3-10(14)11(9)12(16)15-6-8-4-5-17-7-8/h1-5,7H,6H2,(H,15,16). The van der Waals surface area contributed by atoms with Gasteiger partial charge in [0.2, 0.25) is 0 Å². The lowest BCUT2D eigenvalue weighted by molar-refractivity contribution is 0.0946. The summed E-state index contributed by atoms with van der Waals surface area (Å²) in [5, 5.41) is 2.61. The summed E-state index contributed by atoms with van der Waals surface area (Å²) in [5.74, 6) is -1.01. The lowest BCUT2D eigenvalue weighted by Gasteiger charge is -2.06. The second-order valence-electron chi connectivity index (χ2n) is 3.41. The molecule has 2 rings (SSSR count). The number of nitrogens with one attached hydrogen (secondary N) is 1. The molecular formula is C12H9BrFNO2. The number of rotatable bonds is 3. The molecule has 1 N–H and O–H groups in total. The molecule has 0 spiro atoms. The Hall–Kier alpha value is -1.62. The first-order valence-electron chi connectivity index (χ1n) is 4.92. The van der Waals surface area contributed by atoms with Gasteiger partial charge < -0.3 is 9.73 Å². The average Bonchev–Trinajstić information content (AvgIpc) is 2.79. The third-order valence-corrected chi connectivity index (χ3v) is 2.88. The highest BCUT2D eigenvalue weighted by Crippen LogP contribution is 2.19. The van der Waals surface area contributed by atoms with Crippen LogP contribution in [0.5, 0.6) is 0 Å². The minimum atomic E-state index is -0.552. The Labute approximate surface area is 106 Å². The molecule has 5 heteroatoms. The van der Waals surface area contributed by atoms with E-state index < -0.39 is 11.7 Å². The smallest absolute Gasteiger partial charge is 0.255 e. The molecule has 2 aromatic rings. The maximum atomic E-state index is 13.5. The van der Waals surface area contributed by atoms with Gasteiger partial charge in [0, 0.05) is 16.6 Å². The zero-order valence-corrected chi connectivity index (χ0v) is 10.3. The average molecular weight is 298 g/mol. The van der Waals surface area contributed by atoms with Gasteiger partial charge in [-0.3, -0.25) is 4.79 Å². The Bertz CT molecular complexity index is 505. The van der Waals surface area contributed by atoms with E-state index in [-0.39, 0.29) is 5.56 Å². The largest absolute Gasteiger partial charge is 0.472 e. The molecule has 0 atom stereocenters. The first-order valence-corrected chi connectivity index (χ1v) is 5.71. The highest BCUT2D eigenvalue weighted by Gasteiger charge is 2.14. The summed E-state index contributed by atoms with van der Waals surface area (Å²) in [6.45, 7) is 0.302. The molecule has 0 unspecified atom stereocenters. The molecule has 0 fully saturated rings. The van der Waals surface area contributed by atoms with Crippen molar-refractivity contribution in [2.75, 3.05) is 0 Å². The molecule has 17 heavy (non-hydrogen) atoms. The van der Waals surface area contributed by atoms with Gasteiger partial charge in [0.1, 0.15) is 5.82 Å². The lowest BCUT2D eigenvalue weighted by atomic mass is 10.2. The summed E-state index contributed by atoms with van der Waals surface area (Å²) in [5.41, 5.74) is 0.835. The molecule has 88 valence electrons. The fraction of sp³-hybridized carbons (Fsp3) is 0.0833. The van der Waals surface area contributed by atoms with Crippen LogP contribution in [0, 0.1) is 5.82 Å². The van der Waals surface area contributed by atoms with E-state index in [9.17, 15) is 9.18 Å². The molecule has 1 amide bonds. The van der Waals surface area contributed by atoms with Gasteiger partial charge in [0.15, 0.2) is 0 Å². The van der Waals surface area contributed by atoms with E-state index in [1.165, 1.54) is 24.7 Å². The number of furan rings is 1. The van der Waals surface area contributed by atoms with Crippen molar-refractivity contribution >= 4 is 21.8 Å². The minimum absolute atomic E-state index is 0.0102. The van der Waals surface area contributed by atoms with E-state index in [1.54, 1.807) is 12.1 Å². The SMILES string of the molecule is O=C(NCc1ccoc1)c1c(F)cccc1Br. The third kappa shape index (κ3) is 2.74. The maximum Gasteiger partial charge on any atom is 0.255 e. The highest BCUT2D eigenvalue weighted by molar-refractivity contribution is 9.10. The monoisotopic (exact) mass is 297 g/mol. The number of amides is 1. The van der Waals surface area contributed by atoms with Gasteiger partial charge in [0.05, 0.1) is 18.1 Å². The molecule has 0 aliphatic rings. The fourth-order valence-electron chi connectivity index (χ4n) is 1.38. The molecule has 0 saturated heterocycles. The van der Waals surface area contributed by atoms with Crippen LogP contribution in [0.1, 0.15) is 15.9 Å². The van der Waals surface area contributed by atoms with Crippen LogP contribution >= 0.6 is 15.9 Å². The Morgan fingerprint density at radius 2 is 2.24 bits per heavy atom. The normalized spacial score (nSPS) is 10.2. The quantitative estimate of drug-likeness (QED) is 0.946. The summed E-state index contributed by atoms with van der Waals surface area (Å²) in [6.07, 6.45) is 3.04. The van der Waals surface area contributed by atoms with Gasteiger partial charge >= 0.3 is 0 Å². The molecule has 1 aromatic carbocycles. The molecule has 0 saturated carbocycles. The maximum absolute atomic E-state index is 13.5. The van der Waals surface area contributed by atoms with Crippen LogP contribution in [0.25, 0.3) is 0 Å². The van der Waals surface area contributed by atoms with Gasteiger partial charge in [-0.1, -0.05) is 6.07 Å². The van der Waals surface area contributed by atoms with Crippen molar-refractivity contribution < 1.29 is 13.6 Å². The van der Waals surface area contributed by atoms with Crippen LogP contribution in [0.15, 0.2) is 45.7 Å². The molecule has 3 nitrogen and oxygen atoms in total. The second kappa shape index (κ2) is 5.14. The lowest BCUT2D eigenvalue weighted by Crippen LogP contribution is -2.24. The third-order valence-electron chi connectivity index (χ3n) is 2.22. The first-order chi connectivity index (χ1) is 8.18. The predicted octanol–water partition coefficient (Wildman–Crippen LogP) is 3.11. The van der Waals surface area contributed by atoms with Crippen LogP contribution in [0.4, 0.5) is 4.39 Å². The first kappa shape index (κ1) is 11.9. The Kier molecular flexibility index (Phi) is 3.58. The summed E-state index contributed by atoms with van der Waals surface area (Å²) in [7, 11) is 0. The van der Waals surface area contributed by atoms with Crippen molar-refractivity contribution in [2.45, 2.75) is 6.54 Å². The topological polar surface area (TPSA) is 42.2 Å². The molecule has 1 aromatic heterocycles. The van der Waals surface area contributed by atoms with E-state index in [0.717, 1.165) is 5.56 Å². The number of halogens is 2. The van der Waals surface area contributed by atoms with Crippen molar-refractivity contribution in [3.63, 3.8) is 0 Å². The van der Waals surface area contributed by atoms with Crippen LogP contribution in [0.3, 0.4) is 0 Å². The van der Waals surface area contributed by atoms with Crippen molar-refractivity contribution in [1.82, 2.24) is 5.32 Å². The Balaban J connectivity index is 2.10. The van der Waals surface area contributed by atoms with Gasteiger partial charge in [-0.15, -0.1) is 0 Å². The molecule has 1 heterocycles. The van der Waals surface area contributed by atoms with Crippen LogP contribution in [0.2, 0.25) is 0 Å². The molecular weight excluding hydrogens is 289 g/mol. The number of carbonyl (C=O) groups excluding carboxylic acids is 1. The van der Waals surface area contributed by atoms with Crippen molar-refractivity contribution in [1.29, 1.82) is 0 Å². The van der Waals surface area contributed by atoms with Gasteiger partial charge in [-0.05, 0) is 34.1 Å². The summed E-state index contributed by atoms with van der Waals surface area (Å²) >= 11 is 3.15. The van der Waals surface area contributed by atoms with Crippen molar-refractivity contribution in [2.24, 2.45) is 0 Å². The van der Waals surface area contributed by atoms with E-state index in [2.05, 4.69) is 21.2 Å². The number of hydrogen-bond acceptors (Lipinski definition) is 2. The molecule has 0 aliphatic carbocycles. The minimum Gasteiger partial charge on any atom is -0.472 e. The molecule has 0 radical (unpaired) electrons. The van der Waals surface area contributed by atoms with Crippen LogP contribution in [-0.2, 0) is 6.54 Å². The Morgan fingerprint density at radius 1 is 1.41 bits per heavy atom. The second-order valence-corrected chi connectivity index (χ2v) is 4.27.